The number of carbonyl (C=O) groups is 2. The van der Waals surface area contributed by atoms with Crippen molar-refractivity contribution in [1.82, 2.24) is 0 Å². The zero-order chi connectivity index (χ0) is 21.9. The van der Waals surface area contributed by atoms with Crippen LogP contribution in [-0.4, -0.2) is 35.4 Å². The predicted octanol–water partition coefficient (Wildman–Crippen LogP) is 5.05. The van der Waals surface area contributed by atoms with E-state index < -0.39 is 5.38 Å². The third-order valence-corrected chi connectivity index (χ3v) is 5.64. The van der Waals surface area contributed by atoms with E-state index in [1.165, 1.54) is 5.56 Å². The SMILES string of the molecule is CCC(Cl)C(=O)Nc1ccc(C(=O)CC2=NC(C)(C)Cc3ccc(OC)cc32)cc1. The Morgan fingerprint density at radius 3 is 2.53 bits per heavy atom. The van der Waals surface area contributed by atoms with Gasteiger partial charge in [0.2, 0.25) is 5.91 Å². The number of amides is 1. The number of hydrogen-bond donors (Lipinski definition) is 1. The van der Waals surface area contributed by atoms with Gasteiger partial charge < -0.3 is 10.1 Å². The average Bonchev–Trinajstić information content (AvgIpc) is 2.72. The molecule has 0 aromatic heterocycles. The highest BCUT2D eigenvalue weighted by molar-refractivity contribution is 6.32. The highest BCUT2D eigenvalue weighted by Gasteiger charge is 2.28. The Morgan fingerprint density at radius 1 is 1.20 bits per heavy atom. The molecule has 5 nitrogen and oxygen atoms in total. The summed E-state index contributed by atoms with van der Waals surface area (Å²) in [7, 11) is 1.63. The van der Waals surface area contributed by atoms with Crippen molar-refractivity contribution in [3.8, 4) is 5.75 Å². The van der Waals surface area contributed by atoms with Gasteiger partial charge in [0.15, 0.2) is 5.78 Å². The quantitative estimate of drug-likeness (QED) is 0.497. The molecule has 1 amide bonds. The second-order valence-corrected chi connectivity index (χ2v) is 8.64. The summed E-state index contributed by atoms with van der Waals surface area (Å²) < 4.78 is 5.36. The van der Waals surface area contributed by atoms with Crippen LogP contribution in [0.2, 0.25) is 0 Å². The number of methoxy groups -OCH3 is 1. The molecule has 0 aliphatic carbocycles. The van der Waals surface area contributed by atoms with Gasteiger partial charge >= 0.3 is 0 Å². The van der Waals surface area contributed by atoms with E-state index in [0.717, 1.165) is 23.4 Å². The number of nitrogens with zero attached hydrogens (tertiary/aromatic N) is 1. The van der Waals surface area contributed by atoms with Crippen LogP contribution in [-0.2, 0) is 11.2 Å². The molecule has 2 aromatic rings. The largest absolute Gasteiger partial charge is 0.497 e. The molecular formula is C24H27ClN2O3. The van der Waals surface area contributed by atoms with Crippen molar-refractivity contribution in [2.24, 2.45) is 4.99 Å². The zero-order valence-corrected chi connectivity index (χ0v) is 18.5. The van der Waals surface area contributed by atoms with Crippen molar-refractivity contribution in [2.75, 3.05) is 12.4 Å². The van der Waals surface area contributed by atoms with E-state index in [2.05, 4.69) is 19.2 Å². The van der Waals surface area contributed by atoms with Crippen LogP contribution in [0.15, 0.2) is 47.5 Å². The molecule has 0 spiro atoms. The van der Waals surface area contributed by atoms with Crippen molar-refractivity contribution in [2.45, 2.75) is 50.9 Å². The smallest absolute Gasteiger partial charge is 0.242 e. The maximum atomic E-state index is 13.0. The topological polar surface area (TPSA) is 67.8 Å². The number of alkyl halides is 1. The molecule has 0 saturated heterocycles. The van der Waals surface area contributed by atoms with Crippen molar-refractivity contribution in [3.63, 3.8) is 0 Å². The van der Waals surface area contributed by atoms with Crippen LogP contribution < -0.4 is 10.1 Å². The number of halogens is 1. The first-order valence-electron chi connectivity index (χ1n) is 10.1. The molecule has 6 heteroatoms. The van der Waals surface area contributed by atoms with Crippen molar-refractivity contribution < 1.29 is 14.3 Å². The van der Waals surface area contributed by atoms with Gasteiger partial charge in [0.05, 0.1) is 24.8 Å². The predicted molar refractivity (Wildman–Crippen MR) is 121 cm³/mol. The van der Waals surface area contributed by atoms with Crippen LogP contribution in [0.5, 0.6) is 5.75 Å². The van der Waals surface area contributed by atoms with Crippen LogP contribution in [0.4, 0.5) is 5.69 Å². The molecule has 2 aromatic carbocycles. The minimum atomic E-state index is -0.573. The summed E-state index contributed by atoms with van der Waals surface area (Å²) in [5.41, 5.74) is 3.84. The van der Waals surface area contributed by atoms with Gasteiger partial charge in [-0.3, -0.25) is 14.6 Å². The molecule has 30 heavy (non-hydrogen) atoms. The molecule has 158 valence electrons. The fraction of sp³-hybridized carbons (Fsp3) is 0.375. The Morgan fingerprint density at radius 2 is 1.90 bits per heavy atom. The lowest BCUT2D eigenvalue weighted by atomic mass is 9.85. The lowest BCUT2D eigenvalue weighted by Crippen LogP contribution is -2.30. The van der Waals surface area contributed by atoms with Gasteiger partial charge in [0.25, 0.3) is 0 Å². The number of aliphatic imine (C=N–C) groups is 1. The first-order chi connectivity index (χ1) is 14.2. The second-order valence-electron chi connectivity index (χ2n) is 8.11. The van der Waals surface area contributed by atoms with E-state index in [1.54, 1.807) is 31.4 Å². The number of Topliss-reactive ketones (excluding diaryl/α,β-unsaturated/α-hetero) is 1. The van der Waals surface area contributed by atoms with Crippen molar-refractivity contribution in [1.29, 1.82) is 0 Å². The Hall–Kier alpha value is -2.66. The number of fused-ring (bicyclic) bond motifs is 1. The average molecular weight is 427 g/mol. The fourth-order valence-electron chi connectivity index (χ4n) is 3.57. The zero-order valence-electron chi connectivity index (χ0n) is 17.8. The number of carbonyl (C=O) groups excluding carboxylic acids is 2. The molecule has 1 heterocycles. The Balaban J connectivity index is 1.78. The lowest BCUT2D eigenvalue weighted by molar-refractivity contribution is -0.115. The molecule has 1 aliphatic heterocycles. The number of anilines is 1. The minimum Gasteiger partial charge on any atom is -0.497 e. The molecular weight excluding hydrogens is 400 g/mol. The van der Waals surface area contributed by atoms with Crippen molar-refractivity contribution >= 4 is 34.7 Å². The highest BCUT2D eigenvalue weighted by Crippen LogP contribution is 2.31. The number of rotatable bonds is 7. The summed E-state index contributed by atoms with van der Waals surface area (Å²) >= 11 is 5.95. The van der Waals surface area contributed by atoms with Gasteiger partial charge in [0, 0.05) is 16.8 Å². The van der Waals surface area contributed by atoms with Crippen LogP contribution in [0, 0.1) is 0 Å². The number of ketones is 1. The van der Waals surface area contributed by atoms with E-state index in [9.17, 15) is 9.59 Å². The Kier molecular flexibility index (Phi) is 6.61. The third kappa shape index (κ3) is 5.08. The highest BCUT2D eigenvalue weighted by atomic mass is 35.5. The first kappa shape index (κ1) is 22.0. The number of benzene rings is 2. The maximum absolute atomic E-state index is 13.0. The summed E-state index contributed by atoms with van der Waals surface area (Å²) in [6, 6.07) is 12.8. The first-order valence-corrected chi connectivity index (χ1v) is 10.5. The molecule has 0 fully saturated rings. The van der Waals surface area contributed by atoms with Gasteiger partial charge in [0.1, 0.15) is 11.1 Å². The molecule has 1 aliphatic rings. The molecule has 1 unspecified atom stereocenters. The van der Waals surface area contributed by atoms with E-state index in [1.807, 2.05) is 25.1 Å². The van der Waals surface area contributed by atoms with Gasteiger partial charge in [-0.1, -0.05) is 13.0 Å². The number of nitrogens with one attached hydrogen (secondary N) is 1. The van der Waals surface area contributed by atoms with Crippen LogP contribution in [0.1, 0.15) is 55.1 Å². The van der Waals surface area contributed by atoms with Gasteiger partial charge in [-0.05, 0) is 68.7 Å². The summed E-state index contributed by atoms with van der Waals surface area (Å²) in [6.45, 7) is 5.99. The van der Waals surface area contributed by atoms with E-state index >= 15 is 0 Å². The summed E-state index contributed by atoms with van der Waals surface area (Å²) in [4.78, 5) is 29.7. The van der Waals surface area contributed by atoms with E-state index in [0.29, 0.717) is 17.7 Å². The van der Waals surface area contributed by atoms with Crippen LogP contribution >= 0.6 is 11.6 Å². The van der Waals surface area contributed by atoms with Gasteiger partial charge in [-0.15, -0.1) is 11.6 Å². The molecule has 1 N–H and O–H groups in total. The fourth-order valence-corrected chi connectivity index (χ4v) is 3.63. The second kappa shape index (κ2) is 9.00. The molecule has 3 rings (SSSR count). The maximum Gasteiger partial charge on any atom is 0.242 e. The van der Waals surface area contributed by atoms with Gasteiger partial charge in [-0.2, -0.15) is 0 Å². The van der Waals surface area contributed by atoms with Crippen LogP contribution in [0.3, 0.4) is 0 Å². The lowest BCUT2D eigenvalue weighted by Gasteiger charge is -2.29. The van der Waals surface area contributed by atoms with E-state index in [4.69, 9.17) is 21.3 Å². The van der Waals surface area contributed by atoms with E-state index in [-0.39, 0.29) is 23.7 Å². The normalized spacial score (nSPS) is 15.6. The Bertz CT molecular complexity index is 980. The molecule has 0 bridgehead atoms. The number of hydrogen-bond acceptors (Lipinski definition) is 4. The molecule has 0 radical (unpaired) electrons. The minimum absolute atomic E-state index is 0.0260. The monoisotopic (exact) mass is 426 g/mol. The van der Waals surface area contributed by atoms with Gasteiger partial charge in [-0.25, -0.2) is 0 Å². The standard InChI is InChI=1S/C24H27ClN2O3/c1-5-20(25)23(29)26-17-9-6-15(7-10-17)22(28)13-21-19-12-18(30-4)11-8-16(19)14-24(2,3)27-21/h6-12,20H,5,13-14H2,1-4H3,(H,26,29). The molecule has 1 atom stereocenters. The number of ether oxygens (including phenoxy) is 1. The molecule has 0 saturated carbocycles. The summed E-state index contributed by atoms with van der Waals surface area (Å²) in [5, 5.41) is 2.18. The van der Waals surface area contributed by atoms with Crippen LogP contribution in [0.25, 0.3) is 0 Å². The summed E-state index contributed by atoms with van der Waals surface area (Å²) in [5.74, 6) is 0.475. The summed E-state index contributed by atoms with van der Waals surface area (Å²) in [6.07, 6.45) is 1.57. The Labute approximate surface area is 182 Å². The van der Waals surface area contributed by atoms with Crippen molar-refractivity contribution in [3.05, 3.63) is 59.2 Å². The third-order valence-electron chi connectivity index (χ3n) is 5.13.